The molecule has 1 heterocycles. The van der Waals surface area contributed by atoms with Crippen molar-refractivity contribution in [1.29, 1.82) is 5.26 Å². The molecule has 0 saturated carbocycles. The molecule has 3 nitrogen and oxygen atoms in total. The highest BCUT2D eigenvalue weighted by atomic mass is 16.7. The Morgan fingerprint density at radius 3 is 2.88 bits per heavy atom. The van der Waals surface area contributed by atoms with E-state index in [1.54, 1.807) is 0 Å². The first kappa shape index (κ1) is 11.1. The van der Waals surface area contributed by atoms with Crippen molar-refractivity contribution in [2.45, 2.75) is 25.6 Å². The van der Waals surface area contributed by atoms with Gasteiger partial charge in [-0.1, -0.05) is 12.1 Å². The van der Waals surface area contributed by atoms with Gasteiger partial charge in [-0.2, -0.15) is 5.26 Å². The minimum atomic E-state index is -0.0147. The Labute approximate surface area is 95.6 Å². The summed E-state index contributed by atoms with van der Waals surface area (Å²) in [5, 5.41) is 8.77. The Bertz CT molecular complexity index is 378. The van der Waals surface area contributed by atoms with Crippen LogP contribution in [0.1, 0.15) is 24.0 Å². The van der Waals surface area contributed by atoms with Crippen LogP contribution in [-0.2, 0) is 15.9 Å². The molecule has 0 N–H and O–H groups in total. The number of nitriles is 1. The molecule has 1 aromatic carbocycles. The average Bonchev–Trinajstić information content (AvgIpc) is 2.82. The van der Waals surface area contributed by atoms with Gasteiger partial charge in [0.2, 0.25) is 0 Å². The Morgan fingerprint density at radius 1 is 1.31 bits per heavy atom. The van der Waals surface area contributed by atoms with Crippen LogP contribution in [0.2, 0.25) is 0 Å². The molecule has 0 radical (unpaired) electrons. The quantitative estimate of drug-likeness (QED) is 0.776. The van der Waals surface area contributed by atoms with Gasteiger partial charge in [0, 0.05) is 0 Å². The standard InChI is InChI=1S/C13H15NO2/c14-10-12-5-1-3-11(9-12)4-2-6-13-15-7-8-16-13/h1,3,5,9,13H,2,4,6-8H2. The summed E-state index contributed by atoms with van der Waals surface area (Å²) in [6, 6.07) is 9.90. The van der Waals surface area contributed by atoms with E-state index in [0.717, 1.165) is 24.8 Å². The zero-order valence-corrected chi connectivity index (χ0v) is 9.19. The molecule has 16 heavy (non-hydrogen) atoms. The molecular weight excluding hydrogens is 202 g/mol. The van der Waals surface area contributed by atoms with Gasteiger partial charge in [-0.05, 0) is 37.0 Å². The SMILES string of the molecule is N#Cc1cccc(CCCC2OCCO2)c1. The van der Waals surface area contributed by atoms with Crippen LogP contribution in [0.25, 0.3) is 0 Å². The predicted molar refractivity (Wildman–Crippen MR) is 59.8 cm³/mol. The molecule has 1 saturated heterocycles. The van der Waals surface area contributed by atoms with E-state index >= 15 is 0 Å². The number of ether oxygens (including phenoxy) is 2. The summed E-state index contributed by atoms with van der Waals surface area (Å²) in [7, 11) is 0. The second-order valence-electron chi connectivity index (χ2n) is 3.88. The lowest BCUT2D eigenvalue weighted by atomic mass is 10.1. The van der Waals surface area contributed by atoms with E-state index in [1.807, 2.05) is 18.2 Å². The molecule has 1 aliphatic rings. The first-order chi connectivity index (χ1) is 7.88. The molecular formula is C13H15NO2. The van der Waals surface area contributed by atoms with Gasteiger partial charge in [0.15, 0.2) is 6.29 Å². The number of hydrogen-bond donors (Lipinski definition) is 0. The maximum absolute atomic E-state index is 8.77. The summed E-state index contributed by atoms with van der Waals surface area (Å²) >= 11 is 0. The molecule has 1 aliphatic heterocycles. The number of benzene rings is 1. The van der Waals surface area contributed by atoms with Gasteiger partial charge in [0.05, 0.1) is 24.8 Å². The van der Waals surface area contributed by atoms with Gasteiger partial charge in [0.1, 0.15) is 0 Å². The van der Waals surface area contributed by atoms with Gasteiger partial charge in [-0.15, -0.1) is 0 Å². The first-order valence-electron chi connectivity index (χ1n) is 5.61. The Balaban J connectivity index is 1.78. The molecule has 3 heteroatoms. The van der Waals surface area contributed by atoms with Crippen molar-refractivity contribution in [3.63, 3.8) is 0 Å². The Kier molecular flexibility index (Phi) is 3.92. The van der Waals surface area contributed by atoms with E-state index < -0.39 is 0 Å². The lowest BCUT2D eigenvalue weighted by molar-refractivity contribution is -0.0475. The second-order valence-corrected chi connectivity index (χ2v) is 3.88. The molecule has 0 spiro atoms. The first-order valence-corrected chi connectivity index (χ1v) is 5.61. The zero-order chi connectivity index (χ0) is 11.2. The Morgan fingerprint density at radius 2 is 2.12 bits per heavy atom. The van der Waals surface area contributed by atoms with Crippen molar-refractivity contribution in [3.8, 4) is 6.07 Å². The van der Waals surface area contributed by atoms with E-state index in [0.29, 0.717) is 13.2 Å². The molecule has 1 fully saturated rings. The summed E-state index contributed by atoms with van der Waals surface area (Å²) in [6.45, 7) is 1.43. The molecule has 2 rings (SSSR count). The van der Waals surface area contributed by atoms with E-state index in [9.17, 15) is 0 Å². The smallest absolute Gasteiger partial charge is 0.157 e. The fourth-order valence-electron chi connectivity index (χ4n) is 1.84. The average molecular weight is 217 g/mol. The number of nitrogens with zero attached hydrogens (tertiary/aromatic N) is 1. The minimum absolute atomic E-state index is 0.0147. The lowest BCUT2D eigenvalue weighted by Gasteiger charge is -2.08. The van der Waals surface area contributed by atoms with E-state index in [2.05, 4.69) is 12.1 Å². The number of hydrogen-bond acceptors (Lipinski definition) is 3. The van der Waals surface area contributed by atoms with Crippen LogP contribution in [0.15, 0.2) is 24.3 Å². The van der Waals surface area contributed by atoms with E-state index in [1.165, 1.54) is 5.56 Å². The molecule has 0 aromatic heterocycles. The van der Waals surface area contributed by atoms with E-state index in [4.69, 9.17) is 14.7 Å². The van der Waals surface area contributed by atoms with Crippen molar-refractivity contribution >= 4 is 0 Å². The summed E-state index contributed by atoms with van der Waals surface area (Å²) in [5.41, 5.74) is 1.93. The van der Waals surface area contributed by atoms with Crippen LogP contribution >= 0.6 is 0 Å². The van der Waals surface area contributed by atoms with Gasteiger partial charge in [0.25, 0.3) is 0 Å². The van der Waals surface area contributed by atoms with Gasteiger partial charge >= 0.3 is 0 Å². The van der Waals surface area contributed by atoms with Crippen LogP contribution in [0, 0.1) is 11.3 Å². The maximum atomic E-state index is 8.77. The topological polar surface area (TPSA) is 42.2 Å². The maximum Gasteiger partial charge on any atom is 0.157 e. The highest BCUT2D eigenvalue weighted by Crippen LogP contribution is 2.13. The summed E-state index contributed by atoms with van der Waals surface area (Å²) in [4.78, 5) is 0. The van der Waals surface area contributed by atoms with Crippen LogP contribution in [0.4, 0.5) is 0 Å². The largest absolute Gasteiger partial charge is 0.350 e. The van der Waals surface area contributed by atoms with Crippen LogP contribution in [-0.4, -0.2) is 19.5 Å². The fraction of sp³-hybridized carbons (Fsp3) is 0.462. The van der Waals surface area contributed by atoms with Crippen molar-refractivity contribution in [2.24, 2.45) is 0 Å². The number of rotatable bonds is 4. The molecule has 84 valence electrons. The normalized spacial score (nSPS) is 16.2. The minimum Gasteiger partial charge on any atom is -0.350 e. The molecule has 0 aliphatic carbocycles. The van der Waals surface area contributed by atoms with Gasteiger partial charge in [-0.3, -0.25) is 0 Å². The monoisotopic (exact) mass is 217 g/mol. The third kappa shape index (κ3) is 3.06. The fourth-order valence-corrected chi connectivity index (χ4v) is 1.84. The third-order valence-corrected chi connectivity index (χ3v) is 2.65. The second kappa shape index (κ2) is 5.64. The zero-order valence-electron chi connectivity index (χ0n) is 9.19. The van der Waals surface area contributed by atoms with E-state index in [-0.39, 0.29) is 6.29 Å². The van der Waals surface area contributed by atoms with Crippen molar-refractivity contribution < 1.29 is 9.47 Å². The van der Waals surface area contributed by atoms with Crippen molar-refractivity contribution in [2.75, 3.05) is 13.2 Å². The summed E-state index contributed by atoms with van der Waals surface area (Å²) in [5.74, 6) is 0. The highest BCUT2D eigenvalue weighted by Gasteiger charge is 2.14. The lowest BCUT2D eigenvalue weighted by Crippen LogP contribution is -2.07. The molecule has 0 amide bonds. The van der Waals surface area contributed by atoms with Crippen LogP contribution < -0.4 is 0 Å². The molecule has 0 bridgehead atoms. The predicted octanol–water partition coefficient (Wildman–Crippen LogP) is 2.25. The third-order valence-electron chi connectivity index (χ3n) is 2.65. The van der Waals surface area contributed by atoms with Gasteiger partial charge in [-0.25, -0.2) is 0 Å². The number of aryl methyl sites for hydroxylation is 1. The summed E-state index contributed by atoms with van der Waals surface area (Å²) in [6.07, 6.45) is 2.91. The molecule has 1 aromatic rings. The highest BCUT2D eigenvalue weighted by molar-refractivity contribution is 5.32. The van der Waals surface area contributed by atoms with Gasteiger partial charge < -0.3 is 9.47 Å². The molecule has 0 unspecified atom stereocenters. The molecule has 0 atom stereocenters. The van der Waals surface area contributed by atoms with Crippen LogP contribution in [0.3, 0.4) is 0 Å². The summed E-state index contributed by atoms with van der Waals surface area (Å²) < 4.78 is 10.7. The van der Waals surface area contributed by atoms with Crippen molar-refractivity contribution in [1.82, 2.24) is 0 Å². The van der Waals surface area contributed by atoms with Crippen molar-refractivity contribution in [3.05, 3.63) is 35.4 Å². The van der Waals surface area contributed by atoms with Crippen LogP contribution in [0.5, 0.6) is 0 Å². The Hall–Kier alpha value is -1.37.